The van der Waals surface area contributed by atoms with Gasteiger partial charge in [-0.3, -0.25) is 14.9 Å². The van der Waals surface area contributed by atoms with Crippen LogP contribution >= 0.6 is 0 Å². The van der Waals surface area contributed by atoms with Crippen LogP contribution in [-0.2, 0) is 0 Å². The van der Waals surface area contributed by atoms with Gasteiger partial charge in [0, 0.05) is 11.6 Å². The Hall–Kier alpha value is -4.67. The highest BCUT2D eigenvalue weighted by Crippen LogP contribution is 2.34. The van der Waals surface area contributed by atoms with Gasteiger partial charge in [-0.05, 0) is 36.4 Å². The molecule has 0 aliphatic carbocycles. The second-order valence-corrected chi connectivity index (χ2v) is 6.09. The SMILES string of the molecule is O=C(Oc1c(/C=N/NC(=O)c2ccco2)cccc1[N+](=O)[O-])c1ccc2c(c1)OCO2. The predicted molar refractivity (Wildman–Crippen MR) is 104 cm³/mol. The number of nitro groups is 1. The second kappa shape index (κ2) is 8.37. The van der Waals surface area contributed by atoms with Crippen LogP contribution in [0, 0.1) is 10.1 Å². The van der Waals surface area contributed by atoms with Crippen LogP contribution in [0.3, 0.4) is 0 Å². The van der Waals surface area contributed by atoms with E-state index in [9.17, 15) is 19.7 Å². The molecule has 11 nitrogen and oxygen atoms in total. The molecule has 4 rings (SSSR count). The Labute approximate surface area is 174 Å². The molecule has 1 N–H and O–H groups in total. The van der Waals surface area contributed by atoms with E-state index in [1.54, 1.807) is 0 Å². The number of ether oxygens (including phenoxy) is 3. The van der Waals surface area contributed by atoms with Gasteiger partial charge in [0.25, 0.3) is 0 Å². The molecule has 156 valence electrons. The molecule has 0 spiro atoms. The van der Waals surface area contributed by atoms with Gasteiger partial charge in [0.05, 0.1) is 23.0 Å². The molecule has 31 heavy (non-hydrogen) atoms. The summed E-state index contributed by atoms with van der Waals surface area (Å²) >= 11 is 0. The average Bonchev–Trinajstić information content (AvgIpc) is 3.46. The number of benzene rings is 2. The van der Waals surface area contributed by atoms with Crippen molar-refractivity contribution in [1.29, 1.82) is 0 Å². The Morgan fingerprint density at radius 2 is 1.97 bits per heavy atom. The summed E-state index contributed by atoms with van der Waals surface area (Å²) in [6.45, 7) is 0.0301. The molecule has 3 aromatic rings. The second-order valence-electron chi connectivity index (χ2n) is 6.09. The molecule has 0 fully saturated rings. The first-order valence-electron chi connectivity index (χ1n) is 8.79. The molecule has 0 bridgehead atoms. The van der Waals surface area contributed by atoms with E-state index >= 15 is 0 Å². The summed E-state index contributed by atoms with van der Waals surface area (Å²) in [5.41, 5.74) is 1.98. The molecular weight excluding hydrogens is 410 g/mol. The minimum Gasteiger partial charge on any atom is -0.459 e. The number of nitro benzene ring substituents is 1. The monoisotopic (exact) mass is 423 g/mol. The van der Waals surface area contributed by atoms with E-state index in [-0.39, 0.29) is 29.4 Å². The number of rotatable bonds is 6. The van der Waals surface area contributed by atoms with Crippen molar-refractivity contribution in [3.8, 4) is 17.2 Å². The predicted octanol–water partition coefficient (Wildman–Crippen LogP) is 2.90. The number of hydrogen-bond donors (Lipinski definition) is 1. The maximum atomic E-state index is 12.6. The van der Waals surface area contributed by atoms with E-state index in [0.29, 0.717) is 11.5 Å². The van der Waals surface area contributed by atoms with Gasteiger partial charge >= 0.3 is 17.6 Å². The molecule has 11 heteroatoms. The maximum Gasteiger partial charge on any atom is 0.343 e. The van der Waals surface area contributed by atoms with Crippen LogP contribution in [0.25, 0.3) is 0 Å². The van der Waals surface area contributed by atoms with Crippen LogP contribution in [0.2, 0.25) is 0 Å². The fraction of sp³-hybridized carbons (Fsp3) is 0.0500. The number of nitrogens with zero attached hydrogens (tertiary/aromatic N) is 2. The lowest BCUT2D eigenvalue weighted by molar-refractivity contribution is -0.385. The van der Waals surface area contributed by atoms with Gasteiger partial charge < -0.3 is 18.6 Å². The van der Waals surface area contributed by atoms with Crippen LogP contribution in [0.1, 0.15) is 26.5 Å². The van der Waals surface area contributed by atoms with Gasteiger partial charge in [-0.25, -0.2) is 10.2 Å². The fourth-order valence-corrected chi connectivity index (χ4v) is 2.70. The normalized spacial score (nSPS) is 12.0. The van der Waals surface area contributed by atoms with Gasteiger partial charge in [-0.15, -0.1) is 0 Å². The Kier molecular flexibility index (Phi) is 5.30. The molecule has 2 heterocycles. The van der Waals surface area contributed by atoms with Crippen molar-refractivity contribution < 1.29 is 33.1 Å². The standard InChI is InChI=1S/C20H13N3O8/c24-19(16-5-2-8-28-16)22-21-10-13-3-1-4-14(23(26)27)18(13)31-20(25)12-6-7-15-17(9-12)30-11-29-15/h1-10H,11H2,(H,22,24)/b21-10+. The molecule has 1 aromatic heterocycles. The van der Waals surface area contributed by atoms with Gasteiger partial charge in [0.2, 0.25) is 12.5 Å². The summed E-state index contributed by atoms with van der Waals surface area (Å²) in [4.78, 5) is 35.2. The third kappa shape index (κ3) is 4.19. The molecule has 0 unspecified atom stereocenters. The van der Waals surface area contributed by atoms with Gasteiger partial charge in [0.1, 0.15) is 0 Å². The molecule has 0 saturated heterocycles. The number of carbonyl (C=O) groups is 2. The summed E-state index contributed by atoms with van der Waals surface area (Å²) in [5, 5.41) is 15.2. The van der Waals surface area contributed by atoms with E-state index in [4.69, 9.17) is 18.6 Å². The van der Waals surface area contributed by atoms with Crippen LogP contribution in [0.15, 0.2) is 64.3 Å². The first-order valence-corrected chi connectivity index (χ1v) is 8.79. The Bertz CT molecular complexity index is 1190. The molecule has 0 atom stereocenters. The van der Waals surface area contributed by atoms with Crippen LogP contribution in [0.5, 0.6) is 17.2 Å². The van der Waals surface area contributed by atoms with Crippen molar-refractivity contribution in [3.05, 3.63) is 81.8 Å². The van der Waals surface area contributed by atoms with E-state index in [1.807, 2.05) is 0 Å². The summed E-state index contributed by atoms with van der Waals surface area (Å²) in [7, 11) is 0. The smallest absolute Gasteiger partial charge is 0.343 e. The van der Waals surface area contributed by atoms with Gasteiger partial charge in [-0.1, -0.05) is 6.07 Å². The summed E-state index contributed by atoms with van der Waals surface area (Å²) in [6, 6.07) is 11.4. The lowest BCUT2D eigenvalue weighted by atomic mass is 10.1. The Morgan fingerprint density at radius 3 is 2.74 bits per heavy atom. The largest absolute Gasteiger partial charge is 0.459 e. The molecular formula is C20H13N3O8. The summed E-state index contributed by atoms with van der Waals surface area (Å²) in [5.74, 6) is -0.925. The zero-order valence-electron chi connectivity index (χ0n) is 15.6. The summed E-state index contributed by atoms with van der Waals surface area (Å²) in [6.07, 6.45) is 2.45. The summed E-state index contributed by atoms with van der Waals surface area (Å²) < 4.78 is 20.7. The third-order valence-corrected chi connectivity index (χ3v) is 4.14. The number of hydrazone groups is 1. The topological polar surface area (TPSA) is 142 Å². The van der Waals surface area contributed by atoms with Crippen LogP contribution < -0.4 is 19.6 Å². The van der Waals surface area contributed by atoms with Crippen molar-refractivity contribution in [2.75, 3.05) is 6.79 Å². The van der Waals surface area contributed by atoms with Crippen molar-refractivity contribution in [2.45, 2.75) is 0 Å². The maximum absolute atomic E-state index is 12.6. The Morgan fingerprint density at radius 1 is 1.13 bits per heavy atom. The highest BCUT2D eigenvalue weighted by atomic mass is 16.7. The van der Waals surface area contributed by atoms with E-state index in [2.05, 4.69) is 10.5 Å². The molecule has 2 aromatic carbocycles. The number of para-hydroxylation sites is 1. The number of carbonyl (C=O) groups excluding carboxylic acids is 2. The van der Waals surface area contributed by atoms with Crippen LogP contribution in [0.4, 0.5) is 5.69 Å². The number of fused-ring (bicyclic) bond motifs is 1. The van der Waals surface area contributed by atoms with Crippen molar-refractivity contribution >= 4 is 23.8 Å². The lowest BCUT2D eigenvalue weighted by Crippen LogP contribution is -2.17. The number of esters is 1. The van der Waals surface area contributed by atoms with E-state index in [1.165, 1.54) is 54.8 Å². The molecule has 0 radical (unpaired) electrons. The molecule has 1 aliphatic heterocycles. The average molecular weight is 423 g/mol. The zero-order chi connectivity index (χ0) is 21.8. The van der Waals surface area contributed by atoms with Crippen molar-refractivity contribution in [1.82, 2.24) is 5.43 Å². The van der Waals surface area contributed by atoms with Crippen LogP contribution in [-0.4, -0.2) is 29.8 Å². The minimum atomic E-state index is -0.845. The van der Waals surface area contributed by atoms with E-state index in [0.717, 1.165) is 6.21 Å². The number of nitrogens with one attached hydrogen (secondary N) is 1. The van der Waals surface area contributed by atoms with Crippen molar-refractivity contribution in [3.63, 3.8) is 0 Å². The first kappa shape index (κ1) is 19.6. The molecule has 0 saturated carbocycles. The van der Waals surface area contributed by atoms with Gasteiger partial charge in [-0.2, -0.15) is 5.10 Å². The van der Waals surface area contributed by atoms with Gasteiger partial charge in [0.15, 0.2) is 17.3 Å². The number of amides is 1. The lowest BCUT2D eigenvalue weighted by Gasteiger charge is -2.08. The quantitative estimate of drug-likeness (QED) is 0.210. The fourth-order valence-electron chi connectivity index (χ4n) is 2.70. The highest BCUT2D eigenvalue weighted by Gasteiger charge is 2.24. The third-order valence-electron chi connectivity index (χ3n) is 4.14. The molecule has 1 amide bonds. The highest BCUT2D eigenvalue weighted by molar-refractivity contribution is 5.96. The van der Waals surface area contributed by atoms with Crippen molar-refractivity contribution in [2.24, 2.45) is 5.10 Å². The number of hydrogen-bond acceptors (Lipinski definition) is 9. The first-order chi connectivity index (χ1) is 15.0. The van der Waals surface area contributed by atoms with E-state index < -0.39 is 22.5 Å². The molecule has 1 aliphatic rings. The number of furan rings is 1. The zero-order valence-corrected chi connectivity index (χ0v) is 15.6. The minimum absolute atomic E-state index is 0.0301. The Balaban J connectivity index is 1.58.